The molecule has 5 rings (SSSR count). The number of fused-ring (bicyclic) bond motifs is 1. The van der Waals surface area contributed by atoms with E-state index in [1.165, 1.54) is 4.90 Å². The van der Waals surface area contributed by atoms with Gasteiger partial charge in [0.15, 0.2) is 0 Å². The highest BCUT2D eigenvalue weighted by atomic mass is 19.4. The molecule has 0 bridgehead atoms. The summed E-state index contributed by atoms with van der Waals surface area (Å²) >= 11 is 0. The van der Waals surface area contributed by atoms with Gasteiger partial charge in [-0.25, -0.2) is 4.79 Å². The molecule has 0 spiro atoms. The molecule has 46 heavy (non-hydrogen) atoms. The molecule has 250 valence electrons. The highest BCUT2D eigenvalue weighted by molar-refractivity contribution is 6.09. The van der Waals surface area contributed by atoms with Crippen LogP contribution >= 0.6 is 0 Å². The van der Waals surface area contributed by atoms with Crippen molar-refractivity contribution in [2.24, 2.45) is 0 Å². The predicted molar refractivity (Wildman–Crippen MR) is 153 cm³/mol. The Kier molecular flexibility index (Phi) is 8.45. The number of aliphatic hydroxyl groups is 1. The number of alkyl halides is 6. The average Bonchev–Trinajstić information content (AvgIpc) is 3.54. The standard InChI is InChI=1S/C31H34F6N4O5/c1-4-5-19-14-22(29(45,30(32,33)34)31(35,36)37)6-8-23(19)40-12-11-39(16-18(40)2)25(42)17-41-26(43)28(3,38-27(41)44)21-7-9-24-20(15-21)10-13-46-24/h6-9,14-15,18,45H,4-5,10-13,16-17H2,1-3H3,(H,38,44)/t18-,28?/m1/s1. The van der Waals surface area contributed by atoms with Crippen LogP contribution in [-0.4, -0.2) is 83.9 Å². The van der Waals surface area contributed by atoms with Gasteiger partial charge in [0.1, 0.15) is 17.8 Å². The van der Waals surface area contributed by atoms with E-state index < -0.39 is 59.5 Å². The fourth-order valence-corrected chi connectivity index (χ4v) is 6.36. The maximum absolute atomic E-state index is 13.5. The number of carbonyl (C=O) groups excluding carboxylic acids is 3. The Balaban J connectivity index is 1.30. The van der Waals surface area contributed by atoms with E-state index in [0.29, 0.717) is 42.5 Å². The molecule has 9 nitrogen and oxygen atoms in total. The van der Waals surface area contributed by atoms with E-state index in [9.17, 15) is 45.8 Å². The van der Waals surface area contributed by atoms with E-state index in [2.05, 4.69) is 5.32 Å². The monoisotopic (exact) mass is 656 g/mol. The quantitative estimate of drug-likeness (QED) is 0.339. The van der Waals surface area contributed by atoms with Gasteiger partial charge in [-0.05, 0) is 55.2 Å². The van der Waals surface area contributed by atoms with Crippen molar-refractivity contribution < 1.29 is 50.6 Å². The summed E-state index contributed by atoms with van der Waals surface area (Å²) in [5.74, 6) is -0.365. The van der Waals surface area contributed by atoms with Crippen LogP contribution in [0.4, 0.5) is 36.8 Å². The predicted octanol–water partition coefficient (Wildman–Crippen LogP) is 4.39. The molecule has 15 heteroatoms. The summed E-state index contributed by atoms with van der Waals surface area (Å²) in [6, 6.07) is 6.60. The minimum absolute atomic E-state index is 0.118. The second-order valence-corrected chi connectivity index (χ2v) is 12.0. The molecule has 2 atom stereocenters. The summed E-state index contributed by atoms with van der Waals surface area (Å²) in [5, 5.41) is 12.6. The van der Waals surface area contributed by atoms with Crippen molar-refractivity contribution in [3.8, 4) is 5.75 Å². The number of ether oxygens (including phenoxy) is 1. The van der Waals surface area contributed by atoms with E-state index in [1.54, 1.807) is 43.9 Å². The molecule has 0 aliphatic carbocycles. The Hall–Kier alpha value is -4.01. The van der Waals surface area contributed by atoms with E-state index in [0.717, 1.165) is 22.6 Å². The minimum atomic E-state index is -6.00. The summed E-state index contributed by atoms with van der Waals surface area (Å²) in [6.07, 6.45) is -10.8. The third kappa shape index (κ3) is 5.52. The summed E-state index contributed by atoms with van der Waals surface area (Å²) in [4.78, 5) is 43.8. The zero-order valence-electron chi connectivity index (χ0n) is 25.4. The third-order valence-corrected chi connectivity index (χ3v) is 8.96. The lowest BCUT2D eigenvalue weighted by Crippen LogP contribution is -2.56. The molecule has 2 N–H and O–H groups in total. The van der Waals surface area contributed by atoms with Crippen molar-refractivity contribution in [2.45, 2.75) is 69.6 Å². The summed E-state index contributed by atoms with van der Waals surface area (Å²) in [7, 11) is 0. The van der Waals surface area contributed by atoms with E-state index in [1.807, 2.05) is 0 Å². The van der Waals surface area contributed by atoms with Crippen molar-refractivity contribution in [1.82, 2.24) is 15.1 Å². The number of anilines is 1. The molecule has 2 fully saturated rings. The van der Waals surface area contributed by atoms with Gasteiger partial charge in [0, 0.05) is 43.3 Å². The van der Waals surface area contributed by atoms with Crippen LogP contribution < -0.4 is 15.0 Å². The van der Waals surface area contributed by atoms with Crippen molar-refractivity contribution in [3.05, 3.63) is 58.7 Å². The van der Waals surface area contributed by atoms with Crippen LogP contribution in [0.15, 0.2) is 36.4 Å². The molecule has 4 amide bonds. The second-order valence-electron chi connectivity index (χ2n) is 12.0. The fraction of sp³-hybridized carbons (Fsp3) is 0.516. The molecule has 3 aliphatic heterocycles. The SMILES string of the molecule is CCCc1cc(C(O)(C(F)(F)F)C(F)(F)F)ccc1N1CCN(C(=O)CN2C(=O)NC(C)(c3ccc4c(c3)CCO4)C2=O)C[C@H]1C. The Morgan fingerprint density at radius 1 is 1.07 bits per heavy atom. The van der Waals surface area contributed by atoms with Gasteiger partial charge in [0.05, 0.1) is 6.61 Å². The maximum Gasteiger partial charge on any atom is 0.430 e. The first-order valence-electron chi connectivity index (χ1n) is 14.9. The molecule has 2 aromatic rings. The molecular formula is C31H34F6N4O5. The number of rotatable bonds is 7. The van der Waals surface area contributed by atoms with Crippen molar-refractivity contribution in [1.29, 1.82) is 0 Å². The van der Waals surface area contributed by atoms with Crippen LogP contribution in [0.5, 0.6) is 5.75 Å². The van der Waals surface area contributed by atoms with Crippen molar-refractivity contribution >= 4 is 23.5 Å². The largest absolute Gasteiger partial charge is 0.493 e. The topological polar surface area (TPSA) is 102 Å². The maximum atomic E-state index is 13.5. The number of hydrogen-bond donors (Lipinski definition) is 2. The van der Waals surface area contributed by atoms with Crippen LogP contribution in [0.2, 0.25) is 0 Å². The summed E-state index contributed by atoms with van der Waals surface area (Å²) in [5.41, 5.74) is -5.69. The van der Waals surface area contributed by atoms with Crippen LogP contribution in [0.25, 0.3) is 0 Å². The van der Waals surface area contributed by atoms with Gasteiger partial charge in [-0.15, -0.1) is 0 Å². The first-order valence-corrected chi connectivity index (χ1v) is 14.9. The van der Waals surface area contributed by atoms with E-state index >= 15 is 0 Å². The van der Waals surface area contributed by atoms with Crippen molar-refractivity contribution in [2.75, 3.05) is 37.7 Å². The normalized spacial score (nSPS) is 22.2. The van der Waals surface area contributed by atoms with Gasteiger partial charge >= 0.3 is 18.4 Å². The number of benzene rings is 2. The Bertz CT molecular complexity index is 1530. The first-order chi connectivity index (χ1) is 21.4. The van der Waals surface area contributed by atoms with Gasteiger partial charge in [0.2, 0.25) is 5.91 Å². The Morgan fingerprint density at radius 3 is 2.39 bits per heavy atom. The lowest BCUT2D eigenvalue weighted by molar-refractivity contribution is -0.376. The molecule has 0 radical (unpaired) electrons. The number of urea groups is 1. The van der Waals surface area contributed by atoms with Gasteiger partial charge in [-0.2, -0.15) is 26.3 Å². The third-order valence-electron chi connectivity index (χ3n) is 8.96. The average molecular weight is 657 g/mol. The van der Waals surface area contributed by atoms with Crippen molar-refractivity contribution in [3.63, 3.8) is 0 Å². The van der Waals surface area contributed by atoms with Crippen LogP contribution in [0.3, 0.4) is 0 Å². The van der Waals surface area contributed by atoms with E-state index in [4.69, 9.17) is 4.74 Å². The summed E-state index contributed by atoms with van der Waals surface area (Å²) in [6.45, 7) is 5.46. The second kappa shape index (κ2) is 11.7. The van der Waals surface area contributed by atoms with E-state index in [-0.39, 0.29) is 31.6 Å². The molecule has 1 unspecified atom stereocenters. The molecule has 0 saturated carbocycles. The molecule has 3 heterocycles. The van der Waals surface area contributed by atoms with Gasteiger partial charge in [0.25, 0.3) is 11.5 Å². The van der Waals surface area contributed by atoms with Gasteiger partial charge in [-0.3, -0.25) is 14.5 Å². The number of hydrogen-bond acceptors (Lipinski definition) is 6. The fourth-order valence-electron chi connectivity index (χ4n) is 6.36. The first kappa shape index (κ1) is 33.4. The minimum Gasteiger partial charge on any atom is -0.493 e. The zero-order valence-corrected chi connectivity index (χ0v) is 25.4. The summed E-state index contributed by atoms with van der Waals surface area (Å²) < 4.78 is 86.7. The molecule has 2 saturated heterocycles. The Morgan fingerprint density at radius 2 is 1.76 bits per heavy atom. The van der Waals surface area contributed by atoms with Crippen LogP contribution in [-0.2, 0) is 33.6 Å². The number of aryl methyl sites for hydroxylation is 1. The number of nitrogens with zero attached hydrogens (tertiary/aromatic N) is 3. The number of piperazine rings is 1. The molecule has 3 aliphatic rings. The lowest BCUT2D eigenvalue weighted by atomic mass is 9.89. The number of nitrogens with one attached hydrogen (secondary N) is 1. The van der Waals surface area contributed by atoms with Crippen LogP contribution in [0, 0.1) is 0 Å². The zero-order chi connectivity index (χ0) is 33.8. The molecule has 2 aromatic carbocycles. The number of carbonyl (C=O) groups is 3. The smallest absolute Gasteiger partial charge is 0.430 e. The molecule has 0 aromatic heterocycles. The highest BCUT2D eigenvalue weighted by Crippen LogP contribution is 2.50. The van der Waals surface area contributed by atoms with Crippen LogP contribution in [0.1, 0.15) is 49.4 Å². The number of amides is 4. The number of imide groups is 1. The van der Waals surface area contributed by atoms with Gasteiger partial charge < -0.3 is 25.0 Å². The lowest BCUT2D eigenvalue weighted by Gasteiger charge is -2.42. The molecular weight excluding hydrogens is 622 g/mol. The van der Waals surface area contributed by atoms with Gasteiger partial charge in [-0.1, -0.05) is 31.5 Å². The number of halogens is 6. The Labute approximate surface area is 261 Å². The highest BCUT2D eigenvalue weighted by Gasteiger charge is 2.71.